The minimum absolute atomic E-state index is 0.242. The Bertz CT molecular complexity index is 667. The number of carbonyl (C=O) groups excluding carboxylic acids is 3. The average molecular weight is 493 g/mol. The highest BCUT2D eigenvalue weighted by molar-refractivity contribution is 5.87. The maximum Gasteiger partial charge on any atom is 0.471 e. The average Bonchev–Trinajstić information content (AvgIpc) is 3.12. The highest BCUT2D eigenvalue weighted by Crippen LogP contribution is 2.61. The first kappa shape index (κ1) is 33.6. The van der Waals surface area contributed by atoms with Crippen molar-refractivity contribution in [3.63, 3.8) is 0 Å². The number of piperidine rings is 1. The van der Waals surface area contributed by atoms with Crippen LogP contribution in [0.15, 0.2) is 12.7 Å². The molecule has 1 aliphatic heterocycles. The Labute approximate surface area is 200 Å². The first-order valence-corrected chi connectivity index (χ1v) is 11.1. The first-order valence-electron chi connectivity index (χ1n) is 11.1. The zero-order valence-electron chi connectivity index (χ0n) is 21.2. The van der Waals surface area contributed by atoms with E-state index < -0.39 is 30.6 Å². The molecule has 8 nitrogen and oxygen atoms in total. The largest absolute Gasteiger partial charge is 0.471 e. The fourth-order valence-corrected chi connectivity index (χ4v) is 3.11. The van der Waals surface area contributed by atoms with Gasteiger partial charge in [-0.15, -0.1) is 6.58 Å². The first-order chi connectivity index (χ1) is 15.8. The van der Waals surface area contributed by atoms with E-state index >= 15 is 0 Å². The number of amides is 3. The number of likely N-dealkylation sites (tertiary alicyclic amines) is 1. The van der Waals surface area contributed by atoms with Crippen molar-refractivity contribution in [2.75, 3.05) is 26.7 Å². The van der Waals surface area contributed by atoms with E-state index in [-0.39, 0.29) is 5.41 Å². The van der Waals surface area contributed by atoms with Crippen LogP contribution in [-0.2, 0) is 19.1 Å². The van der Waals surface area contributed by atoms with Crippen LogP contribution in [0.2, 0.25) is 0 Å². The van der Waals surface area contributed by atoms with Crippen LogP contribution in [0.5, 0.6) is 0 Å². The lowest BCUT2D eigenvalue weighted by molar-refractivity contribution is -0.174. The van der Waals surface area contributed by atoms with Crippen molar-refractivity contribution < 1.29 is 32.3 Å². The van der Waals surface area contributed by atoms with Gasteiger partial charge in [-0.25, -0.2) is 0 Å². The Morgan fingerprint density at radius 3 is 2.06 bits per heavy atom. The van der Waals surface area contributed by atoms with Crippen LogP contribution in [-0.4, -0.2) is 68.2 Å². The van der Waals surface area contributed by atoms with Crippen molar-refractivity contribution in [3.05, 3.63) is 12.7 Å². The van der Waals surface area contributed by atoms with E-state index in [9.17, 15) is 27.6 Å². The van der Waals surface area contributed by atoms with Gasteiger partial charge >= 0.3 is 12.1 Å². The van der Waals surface area contributed by atoms with Crippen LogP contribution in [0, 0.1) is 28.6 Å². The molecule has 3 amide bonds. The van der Waals surface area contributed by atoms with Gasteiger partial charge in [-0.2, -0.15) is 18.4 Å². The molecule has 196 valence electrons. The van der Waals surface area contributed by atoms with Crippen LogP contribution in [0.3, 0.4) is 0 Å². The third kappa shape index (κ3) is 12.0. The summed E-state index contributed by atoms with van der Waals surface area (Å²) in [7, 11) is 1.70. The van der Waals surface area contributed by atoms with Gasteiger partial charge in [0.05, 0.1) is 18.7 Å². The zero-order chi connectivity index (χ0) is 27.1. The monoisotopic (exact) mass is 492 g/mol. The van der Waals surface area contributed by atoms with Gasteiger partial charge < -0.3 is 20.3 Å². The van der Waals surface area contributed by atoms with Gasteiger partial charge in [-0.05, 0) is 37.5 Å². The molecule has 2 fully saturated rings. The summed E-state index contributed by atoms with van der Waals surface area (Å²) < 4.78 is 40.5. The summed E-state index contributed by atoms with van der Waals surface area (Å²) in [4.78, 5) is 33.4. The summed E-state index contributed by atoms with van der Waals surface area (Å²) in [5, 5.41) is 12.2. The molecule has 11 heteroatoms. The number of ether oxygens (including phenoxy) is 1. The second-order valence-corrected chi connectivity index (χ2v) is 8.29. The van der Waals surface area contributed by atoms with Gasteiger partial charge in [0.25, 0.3) is 0 Å². The molecule has 0 aromatic heterocycles. The Hall–Kier alpha value is -2.61. The van der Waals surface area contributed by atoms with Crippen molar-refractivity contribution in [3.8, 4) is 6.07 Å². The Morgan fingerprint density at radius 1 is 1.26 bits per heavy atom. The molecule has 1 aliphatic carbocycles. The fraction of sp³-hybridized carbons (Fsp3) is 0.739. The molecular weight excluding hydrogens is 453 g/mol. The van der Waals surface area contributed by atoms with Crippen molar-refractivity contribution in [2.45, 2.75) is 66.3 Å². The van der Waals surface area contributed by atoms with Crippen LogP contribution in [0.1, 0.15) is 48.0 Å². The fourth-order valence-electron chi connectivity index (χ4n) is 3.11. The van der Waals surface area contributed by atoms with Gasteiger partial charge in [0.2, 0.25) is 12.3 Å². The number of hydrogen-bond acceptors (Lipinski definition) is 5. The predicted octanol–water partition coefficient (Wildman–Crippen LogP) is 3.05. The smallest absolute Gasteiger partial charge is 0.382 e. The number of fused-ring (bicyclic) bond motifs is 1. The lowest BCUT2D eigenvalue weighted by atomic mass is 10.1. The molecule has 0 radical (unpaired) electrons. The highest BCUT2D eigenvalue weighted by Gasteiger charge is 2.62. The number of nitrogens with zero attached hydrogens (tertiary/aromatic N) is 2. The molecule has 3 unspecified atom stereocenters. The number of hydrogen-bond donors (Lipinski definition) is 2. The van der Waals surface area contributed by atoms with Crippen LogP contribution in [0.4, 0.5) is 13.2 Å². The summed E-state index contributed by atoms with van der Waals surface area (Å²) in [5.74, 6) is -1.63. The molecule has 1 saturated carbocycles. The third-order valence-corrected chi connectivity index (χ3v) is 5.43. The summed E-state index contributed by atoms with van der Waals surface area (Å²) in [6.07, 6.45) is -1.96. The molecular formula is C23H39F3N4O4. The topological polar surface area (TPSA) is 112 Å². The third-order valence-electron chi connectivity index (χ3n) is 5.43. The standard InChI is InChI=1S/C11H15F3N2O2.C6H8N2O.C4H10O.C2H6/c1-10(2)6-4-16(5-7(6)10)8(17)3-15-9(18)11(12,13)14;1-2-3-6(4-7)8-5-9;1-4(2)5-3;1-2/h6-7H,3-5H2,1-2H3,(H,15,18);2,5-6H,1,3H2,(H,8,9);4H,1-3H3;1-2H3. The quantitative estimate of drug-likeness (QED) is 0.419. The Morgan fingerprint density at radius 2 is 1.74 bits per heavy atom. The van der Waals surface area contributed by atoms with E-state index in [1.54, 1.807) is 18.5 Å². The summed E-state index contributed by atoms with van der Waals surface area (Å²) >= 11 is 0. The molecule has 2 N–H and O–H groups in total. The minimum Gasteiger partial charge on any atom is -0.382 e. The normalized spacial score (nSPS) is 19.8. The second-order valence-electron chi connectivity index (χ2n) is 8.29. The summed E-state index contributed by atoms with van der Waals surface area (Å²) in [6.45, 7) is 16.2. The van der Waals surface area contributed by atoms with E-state index in [0.29, 0.717) is 43.9 Å². The van der Waals surface area contributed by atoms with Gasteiger partial charge in [-0.1, -0.05) is 33.8 Å². The molecule has 0 aromatic carbocycles. The van der Waals surface area contributed by atoms with E-state index in [0.717, 1.165) is 0 Å². The number of methoxy groups -OCH3 is 1. The summed E-state index contributed by atoms with van der Waals surface area (Å²) in [5.41, 5.74) is 0.242. The van der Waals surface area contributed by atoms with Gasteiger partial charge in [-0.3, -0.25) is 14.4 Å². The maximum absolute atomic E-state index is 11.9. The number of halogens is 3. The molecule has 2 aliphatic rings. The number of nitriles is 1. The lowest BCUT2D eigenvalue weighted by Gasteiger charge is -2.22. The van der Waals surface area contributed by atoms with Crippen molar-refractivity contribution >= 4 is 18.2 Å². The van der Waals surface area contributed by atoms with E-state index in [1.165, 1.54) is 4.90 Å². The van der Waals surface area contributed by atoms with E-state index in [4.69, 9.17) is 10.00 Å². The Balaban J connectivity index is 0. The van der Waals surface area contributed by atoms with E-state index in [1.807, 2.05) is 33.8 Å². The van der Waals surface area contributed by atoms with Crippen molar-refractivity contribution in [1.29, 1.82) is 5.26 Å². The van der Waals surface area contributed by atoms with Gasteiger partial charge in [0, 0.05) is 20.2 Å². The highest BCUT2D eigenvalue weighted by atomic mass is 19.4. The molecule has 2 rings (SSSR count). The summed E-state index contributed by atoms with van der Waals surface area (Å²) in [6, 6.07) is 1.47. The van der Waals surface area contributed by atoms with E-state index in [2.05, 4.69) is 25.7 Å². The predicted molar refractivity (Wildman–Crippen MR) is 123 cm³/mol. The van der Waals surface area contributed by atoms with Crippen molar-refractivity contribution in [2.24, 2.45) is 17.3 Å². The molecule has 34 heavy (non-hydrogen) atoms. The number of alkyl halides is 3. The van der Waals surface area contributed by atoms with Crippen molar-refractivity contribution in [1.82, 2.24) is 15.5 Å². The number of nitrogens with one attached hydrogen (secondary N) is 2. The van der Waals surface area contributed by atoms with Crippen LogP contribution in [0.25, 0.3) is 0 Å². The molecule has 0 aromatic rings. The second kappa shape index (κ2) is 16.1. The molecule has 1 heterocycles. The molecule has 0 spiro atoms. The maximum atomic E-state index is 11.9. The molecule has 0 bridgehead atoms. The number of rotatable bonds is 7. The van der Waals surface area contributed by atoms with Crippen LogP contribution < -0.4 is 10.6 Å². The Kier molecular flexibility index (Phi) is 15.9. The zero-order valence-corrected chi connectivity index (χ0v) is 21.2. The number of carbonyl (C=O) groups is 3. The van der Waals surface area contributed by atoms with Gasteiger partial charge in [0.15, 0.2) is 0 Å². The van der Waals surface area contributed by atoms with Gasteiger partial charge in [0.1, 0.15) is 6.04 Å². The molecule has 1 saturated heterocycles. The minimum atomic E-state index is -4.94. The SMILES string of the molecule is C=CCC(C#N)NC=O.CC.CC1(C)C2CN(C(=O)CNC(=O)C(F)(F)F)CC21.COC(C)C. The van der Waals surface area contributed by atoms with Crippen LogP contribution >= 0.6 is 0 Å². The lowest BCUT2D eigenvalue weighted by Crippen LogP contribution is -2.44. The molecule has 3 atom stereocenters.